The van der Waals surface area contributed by atoms with Crippen LogP contribution in [0.4, 0.5) is 17.1 Å². The molecule has 0 atom stereocenters. The van der Waals surface area contributed by atoms with Crippen LogP contribution in [0.3, 0.4) is 0 Å². The van der Waals surface area contributed by atoms with Gasteiger partial charge in [0.2, 0.25) is 5.91 Å². The van der Waals surface area contributed by atoms with E-state index in [1.807, 2.05) is 54.6 Å². The molecule has 0 unspecified atom stereocenters. The van der Waals surface area contributed by atoms with E-state index in [4.69, 9.17) is 15.2 Å². The zero-order valence-corrected chi connectivity index (χ0v) is 17.0. The van der Waals surface area contributed by atoms with Gasteiger partial charge in [-0.25, -0.2) is 0 Å². The number of nitrogens with two attached hydrogens (primary N) is 1. The van der Waals surface area contributed by atoms with E-state index < -0.39 is 5.91 Å². The number of anilines is 3. The maximum atomic E-state index is 12.2. The number of ether oxygens (including phenoxy) is 2. The monoisotopic (exact) mass is 417 g/mol. The number of benzene rings is 3. The van der Waals surface area contributed by atoms with Crippen LogP contribution in [0.25, 0.3) is 6.08 Å². The SMILES string of the molecule is COc1cc(/C=C/C(=O)Nc2ccc(Nc3ccccc3)cc2)ccc1OCC(N)=O. The van der Waals surface area contributed by atoms with E-state index in [0.717, 1.165) is 16.9 Å². The summed E-state index contributed by atoms with van der Waals surface area (Å²) in [5, 5.41) is 6.10. The van der Waals surface area contributed by atoms with Crippen molar-refractivity contribution in [2.24, 2.45) is 5.73 Å². The van der Waals surface area contributed by atoms with Crippen LogP contribution in [0, 0.1) is 0 Å². The summed E-state index contributed by atoms with van der Waals surface area (Å²) in [5.41, 5.74) is 8.41. The molecule has 0 aliphatic heterocycles. The summed E-state index contributed by atoms with van der Waals surface area (Å²) in [6.45, 7) is -0.242. The first kappa shape index (κ1) is 21.4. The number of carbonyl (C=O) groups is 2. The molecular formula is C24H23N3O4. The summed E-state index contributed by atoms with van der Waals surface area (Å²) in [4.78, 5) is 23.1. The van der Waals surface area contributed by atoms with Gasteiger partial charge < -0.3 is 25.8 Å². The number of methoxy groups -OCH3 is 1. The Morgan fingerprint density at radius 3 is 2.26 bits per heavy atom. The van der Waals surface area contributed by atoms with Crippen molar-refractivity contribution in [3.05, 3.63) is 84.4 Å². The van der Waals surface area contributed by atoms with E-state index in [-0.39, 0.29) is 12.5 Å². The van der Waals surface area contributed by atoms with Crippen molar-refractivity contribution < 1.29 is 19.1 Å². The second-order valence-corrected chi connectivity index (χ2v) is 6.56. The van der Waals surface area contributed by atoms with E-state index in [0.29, 0.717) is 17.2 Å². The summed E-state index contributed by atoms with van der Waals surface area (Å²) < 4.78 is 10.5. The molecule has 0 spiro atoms. The van der Waals surface area contributed by atoms with Crippen LogP contribution in [0.15, 0.2) is 78.9 Å². The first-order valence-corrected chi connectivity index (χ1v) is 9.54. The summed E-state index contributed by atoms with van der Waals surface area (Å²) >= 11 is 0. The Hall–Kier alpha value is -4.26. The highest BCUT2D eigenvalue weighted by atomic mass is 16.5. The third-order valence-corrected chi connectivity index (χ3v) is 4.20. The number of nitrogens with one attached hydrogen (secondary N) is 2. The van der Waals surface area contributed by atoms with Crippen LogP contribution in [-0.2, 0) is 9.59 Å². The Morgan fingerprint density at radius 2 is 1.58 bits per heavy atom. The largest absolute Gasteiger partial charge is 0.493 e. The normalized spacial score (nSPS) is 10.5. The summed E-state index contributed by atoms with van der Waals surface area (Å²) in [7, 11) is 1.49. The lowest BCUT2D eigenvalue weighted by atomic mass is 10.2. The average Bonchev–Trinajstić information content (AvgIpc) is 2.78. The molecule has 158 valence electrons. The fourth-order valence-electron chi connectivity index (χ4n) is 2.74. The number of primary amides is 1. The van der Waals surface area contributed by atoms with E-state index in [1.165, 1.54) is 13.2 Å². The number of para-hydroxylation sites is 1. The molecule has 0 aliphatic rings. The molecule has 31 heavy (non-hydrogen) atoms. The number of hydrogen-bond acceptors (Lipinski definition) is 5. The summed E-state index contributed by atoms with van der Waals surface area (Å²) in [6, 6.07) is 22.4. The second-order valence-electron chi connectivity index (χ2n) is 6.56. The summed E-state index contributed by atoms with van der Waals surface area (Å²) in [6.07, 6.45) is 3.08. The zero-order valence-electron chi connectivity index (χ0n) is 17.0. The molecule has 0 fully saturated rings. The first-order chi connectivity index (χ1) is 15.0. The molecule has 0 radical (unpaired) electrons. The zero-order chi connectivity index (χ0) is 22.1. The molecule has 4 N–H and O–H groups in total. The molecule has 3 aromatic carbocycles. The van der Waals surface area contributed by atoms with Gasteiger partial charge in [0.05, 0.1) is 7.11 Å². The number of hydrogen-bond donors (Lipinski definition) is 3. The van der Waals surface area contributed by atoms with Crippen LogP contribution in [0.5, 0.6) is 11.5 Å². The van der Waals surface area contributed by atoms with Crippen molar-refractivity contribution in [3.63, 3.8) is 0 Å². The van der Waals surface area contributed by atoms with Crippen LogP contribution < -0.4 is 25.8 Å². The molecule has 0 saturated carbocycles. The van der Waals surface area contributed by atoms with Gasteiger partial charge >= 0.3 is 0 Å². The third kappa shape index (κ3) is 6.64. The van der Waals surface area contributed by atoms with Gasteiger partial charge in [0.25, 0.3) is 5.91 Å². The van der Waals surface area contributed by atoms with Crippen molar-refractivity contribution in [2.45, 2.75) is 0 Å². The lowest BCUT2D eigenvalue weighted by Crippen LogP contribution is -2.20. The second kappa shape index (κ2) is 10.5. The number of rotatable bonds is 9. The molecule has 2 amide bonds. The van der Waals surface area contributed by atoms with E-state index in [2.05, 4.69) is 10.6 Å². The van der Waals surface area contributed by atoms with Gasteiger partial charge in [-0.3, -0.25) is 9.59 Å². The smallest absolute Gasteiger partial charge is 0.255 e. The molecule has 0 heterocycles. The minimum Gasteiger partial charge on any atom is -0.493 e. The number of carbonyl (C=O) groups excluding carboxylic acids is 2. The van der Waals surface area contributed by atoms with E-state index >= 15 is 0 Å². The molecule has 0 aliphatic carbocycles. The van der Waals surface area contributed by atoms with Gasteiger partial charge in [-0.1, -0.05) is 24.3 Å². The van der Waals surface area contributed by atoms with Gasteiger partial charge in [-0.15, -0.1) is 0 Å². The van der Waals surface area contributed by atoms with Gasteiger partial charge in [-0.05, 0) is 60.2 Å². The highest BCUT2D eigenvalue weighted by Gasteiger charge is 2.07. The summed E-state index contributed by atoms with van der Waals surface area (Å²) in [5.74, 6) is -0.0132. The molecule has 0 saturated heterocycles. The number of amides is 2. The van der Waals surface area contributed by atoms with Crippen molar-refractivity contribution in [1.29, 1.82) is 0 Å². The van der Waals surface area contributed by atoms with E-state index in [1.54, 1.807) is 24.3 Å². The van der Waals surface area contributed by atoms with E-state index in [9.17, 15) is 9.59 Å². The Morgan fingerprint density at radius 1 is 0.903 bits per heavy atom. The minimum atomic E-state index is -0.577. The Balaban J connectivity index is 1.58. The van der Waals surface area contributed by atoms with Crippen molar-refractivity contribution in [1.82, 2.24) is 0 Å². The van der Waals surface area contributed by atoms with Crippen molar-refractivity contribution >= 4 is 35.0 Å². The van der Waals surface area contributed by atoms with Crippen molar-refractivity contribution in [2.75, 3.05) is 24.4 Å². The van der Waals surface area contributed by atoms with Crippen molar-refractivity contribution in [3.8, 4) is 11.5 Å². The predicted molar refractivity (Wildman–Crippen MR) is 122 cm³/mol. The molecule has 3 aromatic rings. The molecule has 7 nitrogen and oxygen atoms in total. The van der Waals surface area contributed by atoms with Crippen LogP contribution in [0.2, 0.25) is 0 Å². The lowest BCUT2D eigenvalue weighted by molar-refractivity contribution is -0.120. The Kier molecular flexibility index (Phi) is 7.26. The topological polar surface area (TPSA) is 103 Å². The van der Waals surface area contributed by atoms with Gasteiger partial charge in [0, 0.05) is 23.1 Å². The Bertz CT molecular complexity index is 1060. The molecule has 3 rings (SSSR count). The Labute approximate surface area is 180 Å². The molecule has 7 heteroatoms. The molecule has 0 bridgehead atoms. The molecule has 0 aromatic heterocycles. The van der Waals surface area contributed by atoms with Gasteiger partial charge in [-0.2, -0.15) is 0 Å². The van der Waals surface area contributed by atoms with Crippen LogP contribution in [-0.4, -0.2) is 25.5 Å². The fraction of sp³-hybridized carbons (Fsp3) is 0.0833. The van der Waals surface area contributed by atoms with Gasteiger partial charge in [0.1, 0.15) is 0 Å². The maximum absolute atomic E-state index is 12.2. The predicted octanol–water partition coefficient (Wildman–Crippen LogP) is 3.95. The quantitative estimate of drug-likeness (QED) is 0.458. The van der Waals surface area contributed by atoms with Crippen LogP contribution in [0.1, 0.15) is 5.56 Å². The minimum absolute atomic E-state index is 0.242. The third-order valence-electron chi connectivity index (χ3n) is 4.20. The van der Waals surface area contributed by atoms with Crippen LogP contribution >= 0.6 is 0 Å². The average molecular weight is 417 g/mol. The maximum Gasteiger partial charge on any atom is 0.255 e. The lowest BCUT2D eigenvalue weighted by Gasteiger charge is -2.10. The highest BCUT2D eigenvalue weighted by molar-refractivity contribution is 6.02. The van der Waals surface area contributed by atoms with Gasteiger partial charge in [0.15, 0.2) is 18.1 Å². The first-order valence-electron chi connectivity index (χ1n) is 9.54. The molecular weight excluding hydrogens is 394 g/mol. The standard InChI is InChI=1S/C24H23N3O4/c1-30-22-15-17(7-13-21(22)31-16-23(25)28)8-14-24(29)27-20-11-9-19(10-12-20)26-18-5-3-2-4-6-18/h2-15,26H,16H2,1H3,(H2,25,28)(H,27,29)/b14-8+. The fourth-order valence-corrected chi connectivity index (χ4v) is 2.74. The highest BCUT2D eigenvalue weighted by Crippen LogP contribution is 2.28.